The molecule has 0 spiro atoms. The number of rotatable bonds is 13. The van der Waals surface area contributed by atoms with Crippen LogP contribution in [-0.2, 0) is 9.53 Å². The van der Waals surface area contributed by atoms with E-state index in [1.807, 2.05) is 0 Å². The molecular weight excluding hydrogens is 630 g/mol. The topological polar surface area (TPSA) is 121 Å². The average molecular weight is 666 g/mol. The molecule has 0 amide bonds. The van der Waals surface area contributed by atoms with E-state index < -0.39 is 30.8 Å². The van der Waals surface area contributed by atoms with E-state index in [1.54, 1.807) is 60.7 Å². The average Bonchev–Trinajstić information content (AvgIpc) is 3.79. The summed E-state index contributed by atoms with van der Waals surface area (Å²) in [5.41, 5.74) is 0.219. The fraction of sp³-hybridized carbons (Fsp3) is 0.343. The van der Waals surface area contributed by atoms with E-state index in [4.69, 9.17) is 9.47 Å². The van der Waals surface area contributed by atoms with Gasteiger partial charge in [-0.2, -0.15) is 22.7 Å². The minimum Gasteiger partial charge on any atom is -0.476 e. The molecule has 2 aliphatic rings. The number of ketones is 1. The van der Waals surface area contributed by atoms with E-state index in [-0.39, 0.29) is 46.9 Å². The van der Waals surface area contributed by atoms with Gasteiger partial charge in [-0.1, -0.05) is 42.5 Å². The number of benzene rings is 2. The largest absolute Gasteiger partial charge is 0.476 e. The zero-order chi connectivity index (χ0) is 33.8. The molecule has 252 valence electrons. The van der Waals surface area contributed by atoms with Crippen molar-refractivity contribution in [3.63, 3.8) is 0 Å². The second-order valence-electron chi connectivity index (χ2n) is 12.1. The number of carbonyl (C=O) groups excluding carboxylic acids is 1. The number of alkyl halides is 3. The Bertz CT molecular complexity index is 1800. The van der Waals surface area contributed by atoms with Gasteiger partial charge in [-0.05, 0) is 59.4 Å². The van der Waals surface area contributed by atoms with Gasteiger partial charge in [-0.25, -0.2) is 4.98 Å². The van der Waals surface area contributed by atoms with Crippen LogP contribution in [0.3, 0.4) is 0 Å². The number of aliphatic hydroxyl groups excluding tert-OH is 1. The Morgan fingerprint density at radius 1 is 1.08 bits per heavy atom. The number of allylic oxidation sites excluding steroid dienone is 1. The van der Waals surface area contributed by atoms with Crippen molar-refractivity contribution in [2.75, 3.05) is 39.5 Å². The number of ether oxygens (including phenoxy) is 2. The molecule has 1 saturated carbocycles. The van der Waals surface area contributed by atoms with Gasteiger partial charge in [0.1, 0.15) is 6.61 Å². The van der Waals surface area contributed by atoms with Crippen molar-refractivity contribution in [2.24, 2.45) is 0 Å². The highest BCUT2D eigenvalue weighted by molar-refractivity contribution is 6.00. The molecule has 48 heavy (non-hydrogen) atoms. The highest BCUT2D eigenvalue weighted by atomic mass is 19.4. The van der Waals surface area contributed by atoms with Crippen LogP contribution in [0.25, 0.3) is 22.0 Å². The second kappa shape index (κ2) is 14.0. The third kappa shape index (κ3) is 7.65. The first kappa shape index (κ1) is 33.5. The van der Waals surface area contributed by atoms with Crippen molar-refractivity contribution >= 4 is 27.8 Å². The molecule has 6 rings (SSSR count). The van der Waals surface area contributed by atoms with Crippen molar-refractivity contribution in [2.45, 2.75) is 36.6 Å². The van der Waals surface area contributed by atoms with Gasteiger partial charge in [0.25, 0.3) is 0 Å². The molecule has 1 aliphatic carbocycles. The summed E-state index contributed by atoms with van der Waals surface area (Å²) in [5, 5.41) is 22.5. The molecule has 2 aromatic carbocycles. The number of fused-ring (bicyclic) bond motifs is 1. The van der Waals surface area contributed by atoms with Crippen LogP contribution in [0.4, 0.5) is 17.6 Å². The van der Waals surface area contributed by atoms with Crippen molar-refractivity contribution in [1.29, 1.82) is 0 Å². The SMILES string of the molecule is O=C(/C=C/CNC1(COc2ccc(/C(=C(/CC(F)(F)F)c3ccccc3)c3ccc4n[nH]c(F)c4c3)cn2)CC1)[C@]1(CO)CNCCO1. The lowest BCUT2D eigenvalue weighted by molar-refractivity contribution is -0.149. The monoisotopic (exact) mass is 665 g/mol. The Balaban J connectivity index is 1.20. The predicted octanol–water partition coefficient (Wildman–Crippen LogP) is 4.99. The first-order chi connectivity index (χ1) is 23.1. The zero-order valence-corrected chi connectivity index (χ0v) is 25.9. The van der Waals surface area contributed by atoms with Crippen molar-refractivity contribution in [3.8, 4) is 5.88 Å². The summed E-state index contributed by atoms with van der Waals surface area (Å²) >= 11 is 0. The first-order valence-corrected chi connectivity index (χ1v) is 15.6. The minimum absolute atomic E-state index is 0.0192. The summed E-state index contributed by atoms with van der Waals surface area (Å²) in [6.07, 6.45) is 0.524. The smallest absolute Gasteiger partial charge is 0.393 e. The lowest BCUT2D eigenvalue weighted by Crippen LogP contribution is -2.57. The van der Waals surface area contributed by atoms with E-state index in [9.17, 15) is 27.5 Å². The van der Waals surface area contributed by atoms with Gasteiger partial charge >= 0.3 is 6.18 Å². The van der Waals surface area contributed by atoms with Gasteiger partial charge in [0.15, 0.2) is 11.4 Å². The number of H-pyrrole nitrogens is 1. The number of pyridine rings is 1. The maximum absolute atomic E-state index is 14.5. The zero-order valence-electron chi connectivity index (χ0n) is 25.9. The predicted molar refractivity (Wildman–Crippen MR) is 172 cm³/mol. The number of carbonyl (C=O) groups is 1. The Morgan fingerprint density at radius 3 is 2.54 bits per heavy atom. The van der Waals surface area contributed by atoms with Gasteiger partial charge in [0.05, 0.1) is 36.1 Å². The molecular formula is C35H35F4N5O4. The number of morpholine rings is 1. The van der Waals surface area contributed by atoms with Crippen LogP contribution < -0.4 is 15.4 Å². The van der Waals surface area contributed by atoms with Crippen LogP contribution in [-0.4, -0.2) is 82.8 Å². The van der Waals surface area contributed by atoms with Crippen LogP contribution in [0.1, 0.15) is 36.0 Å². The molecule has 0 unspecified atom stereocenters. The van der Waals surface area contributed by atoms with Crippen LogP contribution >= 0.6 is 0 Å². The maximum atomic E-state index is 14.5. The van der Waals surface area contributed by atoms with Crippen LogP contribution in [0, 0.1) is 5.95 Å². The van der Waals surface area contributed by atoms with Gasteiger partial charge in [-0.15, -0.1) is 0 Å². The summed E-state index contributed by atoms with van der Waals surface area (Å²) in [6, 6.07) is 16.2. The summed E-state index contributed by atoms with van der Waals surface area (Å²) in [5.74, 6) is -0.699. The van der Waals surface area contributed by atoms with E-state index in [0.29, 0.717) is 41.9 Å². The Morgan fingerprint density at radius 2 is 1.88 bits per heavy atom. The number of nitrogens with zero attached hydrogens (tertiary/aromatic N) is 2. The fourth-order valence-electron chi connectivity index (χ4n) is 5.76. The molecule has 1 aliphatic heterocycles. The van der Waals surface area contributed by atoms with E-state index in [1.165, 1.54) is 18.3 Å². The van der Waals surface area contributed by atoms with Crippen LogP contribution in [0.5, 0.6) is 5.88 Å². The Hall–Kier alpha value is -4.43. The maximum Gasteiger partial charge on any atom is 0.393 e. The Labute approximate surface area is 274 Å². The summed E-state index contributed by atoms with van der Waals surface area (Å²) in [4.78, 5) is 17.1. The Kier molecular flexibility index (Phi) is 9.74. The van der Waals surface area contributed by atoms with Gasteiger partial charge in [0.2, 0.25) is 11.8 Å². The summed E-state index contributed by atoms with van der Waals surface area (Å²) in [6.45, 7) is 1.48. The number of hydrogen-bond donors (Lipinski definition) is 4. The third-order valence-corrected chi connectivity index (χ3v) is 8.61. The molecule has 9 nitrogen and oxygen atoms in total. The molecule has 1 saturated heterocycles. The van der Waals surface area contributed by atoms with E-state index in [0.717, 1.165) is 12.8 Å². The lowest BCUT2D eigenvalue weighted by Gasteiger charge is -2.33. The number of aliphatic hydroxyl groups is 1. The standard InChI is InChI=1S/C35H35F4N5O4/c36-32-26-17-24(8-10-28(26)43-44-32)31(27(18-35(37,38)39)23-5-2-1-3-6-23)25-9-11-30(41-19-25)47-22-33(12-13-33)42-14-4-7-29(46)34(21-45)20-40-15-16-48-34/h1-11,17,19,40,42,45H,12-16,18,20-22H2,(H,43,44)/b7-4+,31-27-/t34-/m1/s1. The van der Waals surface area contributed by atoms with Crippen molar-refractivity contribution in [3.05, 3.63) is 102 Å². The fourth-order valence-corrected chi connectivity index (χ4v) is 5.76. The number of nitrogens with one attached hydrogen (secondary N) is 3. The summed E-state index contributed by atoms with van der Waals surface area (Å²) < 4.78 is 68.1. The lowest BCUT2D eigenvalue weighted by atomic mass is 9.88. The van der Waals surface area contributed by atoms with Gasteiger partial charge < -0.3 is 25.2 Å². The molecule has 1 atom stereocenters. The number of halogens is 4. The highest BCUT2D eigenvalue weighted by Crippen LogP contribution is 2.40. The minimum atomic E-state index is -4.52. The number of aromatic amines is 1. The van der Waals surface area contributed by atoms with Gasteiger partial charge in [0, 0.05) is 37.5 Å². The van der Waals surface area contributed by atoms with E-state index in [2.05, 4.69) is 25.8 Å². The van der Waals surface area contributed by atoms with Crippen molar-refractivity contribution in [1.82, 2.24) is 25.8 Å². The molecule has 2 aromatic heterocycles. The van der Waals surface area contributed by atoms with Crippen LogP contribution in [0.15, 0.2) is 79.0 Å². The first-order valence-electron chi connectivity index (χ1n) is 15.6. The third-order valence-electron chi connectivity index (χ3n) is 8.61. The van der Waals surface area contributed by atoms with Crippen molar-refractivity contribution < 1.29 is 36.9 Å². The normalized spacial score (nSPS) is 19.8. The number of aromatic nitrogens is 3. The molecule has 4 N–H and O–H groups in total. The quantitative estimate of drug-likeness (QED) is 0.0897. The molecule has 4 aromatic rings. The second-order valence-corrected chi connectivity index (χ2v) is 12.1. The van der Waals surface area contributed by atoms with Crippen LogP contribution in [0.2, 0.25) is 0 Å². The van der Waals surface area contributed by atoms with E-state index >= 15 is 0 Å². The molecule has 0 radical (unpaired) electrons. The van der Waals surface area contributed by atoms with Gasteiger partial charge in [-0.3, -0.25) is 9.89 Å². The molecule has 3 heterocycles. The molecule has 2 fully saturated rings. The highest BCUT2D eigenvalue weighted by Gasteiger charge is 2.43. The molecule has 0 bridgehead atoms. The number of hydrogen-bond acceptors (Lipinski definition) is 8. The summed E-state index contributed by atoms with van der Waals surface area (Å²) in [7, 11) is 0. The molecule has 13 heteroatoms.